The third-order valence-corrected chi connectivity index (χ3v) is 7.99. The molecule has 0 saturated carbocycles. The van der Waals surface area contributed by atoms with E-state index in [4.69, 9.17) is 0 Å². The maximum Gasteiger partial charge on any atom is 0.262 e. The van der Waals surface area contributed by atoms with E-state index in [1.165, 1.54) is 6.20 Å². The molecule has 8 nitrogen and oxygen atoms in total. The molecular formula is C24H33N5O3S. The Balaban J connectivity index is 1.69. The van der Waals surface area contributed by atoms with E-state index in [1.54, 1.807) is 25.1 Å². The van der Waals surface area contributed by atoms with Gasteiger partial charge in [0.25, 0.3) is 15.9 Å². The van der Waals surface area contributed by atoms with Gasteiger partial charge < -0.3 is 15.1 Å². The minimum atomic E-state index is -3.82. The van der Waals surface area contributed by atoms with Crippen LogP contribution in [0.15, 0.2) is 35.4 Å². The number of hydrogen-bond acceptors (Lipinski definition) is 6. The number of anilines is 2. The summed E-state index contributed by atoms with van der Waals surface area (Å²) in [6.07, 6.45) is 4.57. The molecule has 2 aliphatic heterocycles. The first-order chi connectivity index (χ1) is 15.8. The van der Waals surface area contributed by atoms with Crippen LogP contribution in [0.2, 0.25) is 0 Å². The van der Waals surface area contributed by atoms with E-state index in [0.717, 1.165) is 51.0 Å². The minimum absolute atomic E-state index is 0.0872. The Morgan fingerprint density at radius 1 is 1.12 bits per heavy atom. The average molecular weight is 472 g/mol. The lowest BCUT2D eigenvalue weighted by Gasteiger charge is -2.35. The number of likely N-dealkylation sites (tertiary alicyclic amines) is 1. The van der Waals surface area contributed by atoms with Crippen LogP contribution < -0.4 is 14.9 Å². The predicted molar refractivity (Wildman–Crippen MR) is 130 cm³/mol. The van der Waals surface area contributed by atoms with Gasteiger partial charge in [-0.2, -0.15) is 0 Å². The number of hydrogen-bond donors (Lipinski definition) is 2. The molecule has 2 N–H and O–H groups in total. The molecule has 2 saturated heterocycles. The summed E-state index contributed by atoms with van der Waals surface area (Å²) >= 11 is 0. The summed E-state index contributed by atoms with van der Waals surface area (Å²) in [5, 5.41) is 3.32. The second-order valence-electron chi connectivity index (χ2n) is 9.05. The molecule has 2 aromatic rings. The summed E-state index contributed by atoms with van der Waals surface area (Å²) in [5.41, 5.74) is 2.41. The largest absolute Gasteiger partial charge is 0.353 e. The number of carbonyl (C=O) groups excluding carboxylic acids is 1. The van der Waals surface area contributed by atoms with Gasteiger partial charge in [-0.15, -0.1) is 0 Å². The second-order valence-corrected chi connectivity index (χ2v) is 10.7. The van der Waals surface area contributed by atoms with Gasteiger partial charge in [-0.1, -0.05) is 17.7 Å². The summed E-state index contributed by atoms with van der Waals surface area (Å²) in [5.74, 6) is 0.532. The molecule has 3 heterocycles. The lowest BCUT2D eigenvalue weighted by Crippen LogP contribution is -2.46. The number of aromatic nitrogens is 1. The number of benzene rings is 1. The van der Waals surface area contributed by atoms with Crippen LogP contribution in [0.4, 0.5) is 11.5 Å². The Bertz CT molecular complexity index is 1130. The van der Waals surface area contributed by atoms with Gasteiger partial charge in [0.05, 0.1) is 22.3 Å². The van der Waals surface area contributed by atoms with E-state index < -0.39 is 10.0 Å². The van der Waals surface area contributed by atoms with Crippen molar-refractivity contribution in [1.82, 2.24) is 15.2 Å². The van der Waals surface area contributed by atoms with Crippen molar-refractivity contribution in [3.8, 4) is 0 Å². The van der Waals surface area contributed by atoms with Crippen LogP contribution >= 0.6 is 0 Å². The van der Waals surface area contributed by atoms with Crippen molar-refractivity contribution in [1.29, 1.82) is 0 Å². The highest BCUT2D eigenvalue weighted by molar-refractivity contribution is 7.92. The molecule has 2 fully saturated rings. The monoisotopic (exact) mass is 471 g/mol. The maximum atomic E-state index is 13.6. The van der Waals surface area contributed by atoms with E-state index in [1.807, 2.05) is 17.9 Å². The number of piperidine rings is 1. The van der Waals surface area contributed by atoms with Crippen molar-refractivity contribution in [3.05, 3.63) is 47.2 Å². The van der Waals surface area contributed by atoms with Gasteiger partial charge in [-0.05, 0) is 57.7 Å². The molecule has 2 aliphatic rings. The molecule has 0 aliphatic carbocycles. The highest BCUT2D eigenvalue weighted by Crippen LogP contribution is 2.28. The zero-order valence-electron chi connectivity index (χ0n) is 19.6. The Kier molecular flexibility index (Phi) is 6.90. The zero-order valence-corrected chi connectivity index (χ0v) is 20.4. The summed E-state index contributed by atoms with van der Waals surface area (Å²) in [7, 11) is -3.82. The van der Waals surface area contributed by atoms with E-state index in [-0.39, 0.29) is 16.8 Å². The molecule has 0 unspecified atom stereocenters. The van der Waals surface area contributed by atoms with E-state index in [9.17, 15) is 13.2 Å². The van der Waals surface area contributed by atoms with Gasteiger partial charge in [0, 0.05) is 38.8 Å². The molecule has 0 radical (unpaired) electrons. The molecule has 0 bridgehead atoms. The molecule has 1 atom stereocenters. The number of nitrogens with one attached hydrogen (secondary N) is 2. The molecule has 178 valence electrons. The quantitative estimate of drug-likeness (QED) is 0.696. The van der Waals surface area contributed by atoms with Crippen molar-refractivity contribution in [2.24, 2.45) is 0 Å². The van der Waals surface area contributed by atoms with Crippen molar-refractivity contribution >= 4 is 27.4 Å². The van der Waals surface area contributed by atoms with Crippen LogP contribution in [0.3, 0.4) is 0 Å². The van der Waals surface area contributed by atoms with Gasteiger partial charge in [-0.3, -0.25) is 9.52 Å². The first kappa shape index (κ1) is 23.5. The summed E-state index contributed by atoms with van der Waals surface area (Å²) in [4.78, 5) is 22.4. The number of sulfonamides is 1. The number of pyridine rings is 1. The third kappa shape index (κ3) is 5.14. The fourth-order valence-electron chi connectivity index (χ4n) is 4.66. The minimum Gasteiger partial charge on any atom is -0.353 e. The fraction of sp³-hybridized carbons (Fsp3) is 0.500. The molecule has 0 spiro atoms. The number of carbonyl (C=O) groups is 1. The van der Waals surface area contributed by atoms with Crippen LogP contribution in [0.5, 0.6) is 0 Å². The highest BCUT2D eigenvalue weighted by Gasteiger charge is 2.29. The van der Waals surface area contributed by atoms with Gasteiger partial charge in [-0.25, -0.2) is 13.4 Å². The van der Waals surface area contributed by atoms with E-state index in [2.05, 4.69) is 26.8 Å². The second kappa shape index (κ2) is 9.69. The van der Waals surface area contributed by atoms with E-state index in [0.29, 0.717) is 29.2 Å². The molecule has 4 rings (SSSR count). The lowest BCUT2D eigenvalue weighted by atomic mass is 10.0. The normalized spacial score (nSPS) is 19.4. The topological polar surface area (TPSA) is 94.6 Å². The smallest absolute Gasteiger partial charge is 0.262 e. The first-order valence-electron chi connectivity index (χ1n) is 11.6. The molecular weight excluding hydrogens is 438 g/mol. The van der Waals surface area contributed by atoms with Crippen molar-refractivity contribution in [3.63, 3.8) is 0 Å². The van der Waals surface area contributed by atoms with Gasteiger partial charge in [0.1, 0.15) is 5.82 Å². The van der Waals surface area contributed by atoms with Crippen molar-refractivity contribution in [2.45, 2.75) is 51.0 Å². The number of aryl methyl sites for hydroxylation is 2. The SMILES string of the molecule is Cc1ccc(S(=O)(=O)Nc2cnc(N3CCNCC3)c(C(=O)N3CCCC[C@H]3C)c2)c(C)c1. The summed E-state index contributed by atoms with van der Waals surface area (Å²) < 4.78 is 28.8. The number of nitrogens with zero attached hydrogens (tertiary/aromatic N) is 3. The number of piperazine rings is 1. The standard InChI is InChI=1S/C24H33N5O3S/c1-17-7-8-22(18(2)14-17)33(31,32)27-20-15-21(24(30)29-11-5-4-6-19(29)3)23(26-16-20)28-12-9-25-10-13-28/h7-8,14-16,19,25,27H,4-6,9-13H2,1-3H3/t19-/m1/s1. The Labute approximate surface area is 196 Å². The van der Waals surface area contributed by atoms with Gasteiger partial charge in [0.2, 0.25) is 0 Å². The van der Waals surface area contributed by atoms with Crippen LogP contribution in [0, 0.1) is 13.8 Å². The zero-order chi connectivity index (χ0) is 23.6. The molecule has 1 amide bonds. The van der Waals surface area contributed by atoms with Crippen LogP contribution in [0.25, 0.3) is 0 Å². The predicted octanol–water partition coefficient (Wildman–Crippen LogP) is 2.92. The van der Waals surface area contributed by atoms with Crippen LogP contribution in [-0.2, 0) is 10.0 Å². The van der Waals surface area contributed by atoms with Crippen LogP contribution in [0.1, 0.15) is 47.7 Å². The lowest BCUT2D eigenvalue weighted by molar-refractivity contribution is 0.0636. The van der Waals surface area contributed by atoms with Crippen molar-refractivity contribution in [2.75, 3.05) is 42.3 Å². The van der Waals surface area contributed by atoms with Gasteiger partial charge >= 0.3 is 0 Å². The van der Waals surface area contributed by atoms with Crippen LogP contribution in [-0.4, -0.2) is 63.0 Å². The number of rotatable bonds is 5. The first-order valence-corrected chi connectivity index (χ1v) is 13.1. The average Bonchev–Trinajstić information content (AvgIpc) is 2.79. The molecule has 33 heavy (non-hydrogen) atoms. The summed E-state index contributed by atoms with van der Waals surface area (Å²) in [6, 6.07) is 7.02. The Morgan fingerprint density at radius 2 is 1.88 bits per heavy atom. The Hall–Kier alpha value is -2.65. The third-order valence-electron chi connectivity index (χ3n) is 6.45. The highest BCUT2D eigenvalue weighted by atomic mass is 32.2. The Morgan fingerprint density at radius 3 is 2.58 bits per heavy atom. The molecule has 9 heteroatoms. The summed E-state index contributed by atoms with van der Waals surface area (Å²) in [6.45, 7) is 9.61. The van der Waals surface area contributed by atoms with Crippen molar-refractivity contribution < 1.29 is 13.2 Å². The number of amides is 1. The molecule has 1 aromatic heterocycles. The molecule has 1 aromatic carbocycles. The fourth-order valence-corrected chi connectivity index (χ4v) is 5.93. The van der Waals surface area contributed by atoms with E-state index >= 15 is 0 Å². The van der Waals surface area contributed by atoms with Gasteiger partial charge in [0.15, 0.2) is 0 Å². The maximum absolute atomic E-state index is 13.6.